The smallest absolute Gasteiger partial charge is 0.337 e. The summed E-state index contributed by atoms with van der Waals surface area (Å²) in [5.41, 5.74) is 2.72. The van der Waals surface area contributed by atoms with Crippen molar-refractivity contribution in [3.8, 4) is 17.1 Å². The topological polar surface area (TPSA) is 57.2 Å². The maximum Gasteiger partial charge on any atom is 0.337 e. The molecule has 0 bridgehead atoms. The minimum absolute atomic E-state index is 0.0925. The van der Waals surface area contributed by atoms with Gasteiger partial charge in [0.1, 0.15) is 11.6 Å². The normalized spacial score (nSPS) is 13.9. The van der Waals surface area contributed by atoms with Gasteiger partial charge in [0.2, 0.25) is 0 Å². The van der Waals surface area contributed by atoms with Gasteiger partial charge >= 0.3 is 5.69 Å². The zero-order valence-corrected chi connectivity index (χ0v) is 20.5. The number of benzene rings is 2. The van der Waals surface area contributed by atoms with Crippen LogP contribution in [0, 0.1) is 6.92 Å². The van der Waals surface area contributed by atoms with Crippen LogP contribution >= 0.6 is 0 Å². The Morgan fingerprint density at radius 1 is 0.943 bits per heavy atom. The second kappa shape index (κ2) is 10.3. The van der Waals surface area contributed by atoms with Crippen molar-refractivity contribution in [2.24, 2.45) is 0 Å². The summed E-state index contributed by atoms with van der Waals surface area (Å²) in [5.74, 6) is 1.89. The van der Waals surface area contributed by atoms with Gasteiger partial charge in [0, 0.05) is 50.1 Å². The quantitative estimate of drug-likeness (QED) is 0.345. The van der Waals surface area contributed by atoms with E-state index < -0.39 is 0 Å². The number of imidazole rings is 2. The zero-order chi connectivity index (χ0) is 24.2. The molecule has 0 radical (unpaired) electrons. The average molecular weight is 472 g/mol. The molecule has 7 nitrogen and oxygen atoms in total. The first-order valence-electron chi connectivity index (χ1n) is 12.5. The minimum atomic E-state index is -0.0925. The van der Waals surface area contributed by atoms with Gasteiger partial charge in [-0.15, -0.1) is 0 Å². The maximum absolute atomic E-state index is 13.1. The van der Waals surface area contributed by atoms with Gasteiger partial charge in [0.25, 0.3) is 0 Å². The Hall–Kier alpha value is -3.74. The van der Waals surface area contributed by atoms with Crippen LogP contribution in [0.15, 0.2) is 78.1 Å². The fourth-order valence-electron chi connectivity index (χ4n) is 4.82. The second-order valence-corrected chi connectivity index (χ2v) is 9.10. The van der Waals surface area contributed by atoms with Crippen molar-refractivity contribution < 1.29 is 4.74 Å². The van der Waals surface area contributed by atoms with Crippen LogP contribution in [-0.2, 0) is 6.54 Å². The van der Waals surface area contributed by atoms with Crippen molar-refractivity contribution in [1.82, 2.24) is 18.7 Å². The Morgan fingerprint density at radius 3 is 2.14 bits per heavy atom. The van der Waals surface area contributed by atoms with Crippen molar-refractivity contribution >= 4 is 5.69 Å². The molecule has 1 saturated carbocycles. The number of ether oxygens (including phenoxy) is 1. The molecule has 4 aromatic rings. The highest BCUT2D eigenvalue weighted by Crippen LogP contribution is 2.25. The molecular formula is C28H33N5O2. The summed E-state index contributed by atoms with van der Waals surface area (Å²) in [6, 6.07) is 16.0. The van der Waals surface area contributed by atoms with E-state index in [4.69, 9.17) is 4.74 Å². The highest BCUT2D eigenvalue weighted by molar-refractivity contribution is 5.51. The molecule has 0 saturated heterocycles. The maximum atomic E-state index is 13.1. The molecule has 182 valence electrons. The van der Waals surface area contributed by atoms with Gasteiger partial charge in [0.15, 0.2) is 0 Å². The van der Waals surface area contributed by atoms with Crippen LogP contribution in [-0.4, -0.2) is 37.9 Å². The van der Waals surface area contributed by atoms with Gasteiger partial charge in [-0.2, -0.15) is 0 Å². The molecule has 0 N–H and O–H groups in total. The van der Waals surface area contributed by atoms with Gasteiger partial charge in [-0.05, 0) is 88.1 Å². The van der Waals surface area contributed by atoms with Crippen molar-refractivity contribution in [3.63, 3.8) is 0 Å². The molecule has 0 unspecified atom stereocenters. The SMILES string of the molecule is CCN(CCn1ccnc1C)c1ccc(-n2ccn(-c3ccc(OC4CCCC4)cc3)c2=O)cc1. The lowest BCUT2D eigenvalue weighted by Crippen LogP contribution is -2.27. The van der Waals surface area contributed by atoms with Crippen molar-refractivity contribution in [3.05, 3.63) is 89.6 Å². The van der Waals surface area contributed by atoms with Crippen molar-refractivity contribution in [1.29, 1.82) is 0 Å². The number of nitrogens with zero attached hydrogens (tertiary/aromatic N) is 5. The number of aromatic nitrogens is 4. The van der Waals surface area contributed by atoms with E-state index in [-0.39, 0.29) is 5.69 Å². The van der Waals surface area contributed by atoms with E-state index in [0.29, 0.717) is 6.10 Å². The fourth-order valence-corrected chi connectivity index (χ4v) is 4.82. The molecule has 5 rings (SSSR count). The summed E-state index contributed by atoms with van der Waals surface area (Å²) in [6.45, 7) is 6.86. The molecule has 35 heavy (non-hydrogen) atoms. The largest absolute Gasteiger partial charge is 0.490 e. The summed E-state index contributed by atoms with van der Waals surface area (Å²) < 4.78 is 11.6. The van der Waals surface area contributed by atoms with E-state index in [1.165, 1.54) is 12.8 Å². The minimum Gasteiger partial charge on any atom is -0.490 e. The van der Waals surface area contributed by atoms with Gasteiger partial charge in [0.05, 0.1) is 17.5 Å². The first-order chi connectivity index (χ1) is 17.1. The van der Waals surface area contributed by atoms with E-state index in [2.05, 4.69) is 33.5 Å². The molecule has 1 aliphatic rings. The van der Waals surface area contributed by atoms with Crippen molar-refractivity contribution in [2.75, 3.05) is 18.0 Å². The van der Waals surface area contributed by atoms with Gasteiger partial charge < -0.3 is 14.2 Å². The highest BCUT2D eigenvalue weighted by atomic mass is 16.5. The standard InChI is InChI=1S/C28H33N5O2/c1-3-30(18-19-31-17-16-29-22(31)2)23-8-10-24(11-9-23)32-20-21-33(28(32)34)25-12-14-27(15-13-25)35-26-6-4-5-7-26/h8-17,20-21,26H,3-7,18-19H2,1-2H3. The van der Waals surface area contributed by atoms with Crippen LogP contribution in [0.1, 0.15) is 38.4 Å². The third-order valence-corrected chi connectivity index (χ3v) is 6.91. The molecule has 7 heteroatoms. The van der Waals surface area contributed by atoms with Crippen LogP contribution in [0.25, 0.3) is 11.4 Å². The number of rotatable bonds is 9. The predicted molar refractivity (Wildman–Crippen MR) is 139 cm³/mol. The summed E-state index contributed by atoms with van der Waals surface area (Å²) >= 11 is 0. The summed E-state index contributed by atoms with van der Waals surface area (Å²) in [7, 11) is 0. The number of aryl methyl sites for hydroxylation is 1. The van der Waals surface area contributed by atoms with Crippen LogP contribution in [0.2, 0.25) is 0 Å². The lowest BCUT2D eigenvalue weighted by Gasteiger charge is -2.24. The van der Waals surface area contributed by atoms with Crippen LogP contribution in [0.4, 0.5) is 5.69 Å². The number of hydrogen-bond acceptors (Lipinski definition) is 4. The third-order valence-electron chi connectivity index (χ3n) is 6.91. The molecule has 0 amide bonds. The Labute approximate surface area is 206 Å². The molecule has 0 spiro atoms. The van der Waals surface area contributed by atoms with Gasteiger partial charge in [-0.3, -0.25) is 9.13 Å². The zero-order valence-electron chi connectivity index (χ0n) is 20.5. The van der Waals surface area contributed by atoms with Crippen LogP contribution in [0.5, 0.6) is 5.75 Å². The van der Waals surface area contributed by atoms with Crippen LogP contribution < -0.4 is 15.3 Å². The molecule has 2 heterocycles. The molecule has 2 aromatic heterocycles. The van der Waals surface area contributed by atoms with E-state index >= 15 is 0 Å². The Bertz CT molecular complexity index is 1290. The van der Waals surface area contributed by atoms with Crippen LogP contribution in [0.3, 0.4) is 0 Å². The monoisotopic (exact) mass is 471 g/mol. The fraction of sp³-hybridized carbons (Fsp3) is 0.357. The number of likely N-dealkylation sites (N-methyl/N-ethyl adjacent to an activating group) is 1. The first kappa shape index (κ1) is 23.0. The highest BCUT2D eigenvalue weighted by Gasteiger charge is 2.16. The lowest BCUT2D eigenvalue weighted by atomic mass is 10.2. The average Bonchev–Trinajstić information content (AvgIpc) is 3.63. The molecule has 0 atom stereocenters. The molecule has 2 aromatic carbocycles. The summed E-state index contributed by atoms with van der Waals surface area (Å²) in [6.07, 6.45) is 12.6. The lowest BCUT2D eigenvalue weighted by molar-refractivity contribution is 0.210. The number of hydrogen-bond donors (Lipinski definition) is 0. The first-order valence-corrected chi connectivity index (χ1v) is 12.5. The Morgan fingerprint density at radius 2 is 1.57 bits per heavy atom. The summed E-state index contributed by atoms with van der Waals surface area (Å²) in [4.78, 5) is 19.8. The predicted octanol–water partition coefficient (Wildman–Crippen LogP) is 4.98. The van der Waals surface area contributed by atoms with E-state index in [1.807, 2.05) is 68.1 Å². The Balaban J connectivity index is 1.28. The third kappa shape index (κ3) is 5.04. The van der Waals surface area contributed by atoms with E-state index in [0.717, 1.165) is 61.1 Å². The molecule has 1 aliphatic carbocycles. The molecular weight excluding hydrogens is 438 g/mol. The second-order valence-electron chi connectivity index (χ2n) is 9.10. The molecule has 1 fully saturated rings. The van der Waals surface area contributed by atoms with E-state index in [9.17, 15) is 4.79 Å². The van der Waals surface area contributed by atoms with Gasteiger partial charge in [-0.1, -0.05) is 0 Å². The van der Waals surface area contributed by atoms with Crippen molar-refractivity contribution in [2.45, 2.75) is 52.2 Å². The molecule has 0 aliphatic heterocycles. The summed E-state index contributed by atoms with van der Waals surface area (Å²) in [5, 5.41) is 0. The van der Waals surface area contributed by atoms with E-state index in [1.54, 1.807) is 9.13 Å². The van der Waals surface area contributed by atoms with Gasteiger partial charge in [-0.25, -0.2) is 9.78 Å². The number of anilines is 1. The Kier molecular flexibility index (Phi) is 6.75.